The Kier molecular flexibility index (Phi) is 3.78. The van der Waals surface area contributed by atoms with Crippen LogP contribution >= 0.6 is 11.6 Å². The van der Waals surface area contributed by atoms with Crippen LogP contribution in [0.3, 0.4) is 0 Å². The Bertz CT molecular complexity index is 1130. The molecule has 0 unspecified atom stereocenters. The molecule has 0 aliphatic rings. The van der Waals surface area contributed by atoms with Crippen LogP contribution in [0.4, 0.5) is 0 Å². The number of methoxy groups -OCH3 is 1. The van der Waals surface area contributed by atoms with Crippen LogP contribution < -0.4 is 10.3 Å². The van der Waals surface area contributed by atoms with Crippen molar-refractivity contribution >= 4 is 17.2 Å². The predicted molar refractivity (Wildman–Crippen MR) is 97.8 cm³/mol. The Hall–Kier alpha value is -3.05. The molecule has 5 nitrogen and oxygen atoms in total. The zero-order valence-electron chi connectivity index (χ0n) is 13.4. The molecule has 6 heteroatoms. The van der Waals surface area contributed by atoms with Crippen LogP contribution in [0.25, 0.3) is 22.6 Å². The standard InChI is InChI=1S/C19H14ClN3O2/c1-25-17-8-3-2-7-16(17)23-10-9-22-12-15(21-18(22)19(23)24)13-5-4-6-14(20)11-13/h2-12H,1H3. The third kappa shape index (κ3) is 2.68. The highest BCUT2D eigenvalue weighted by molar-refractivity contribution is 6.30. The van der Waals surface area contributed by atoms with Crippen molar-refractivity contribution in [2.45, 2.75) is 0 Å². The minimum atomic E-state index is -0.222. The monoisotopic (exact) mass is 351 g/mol. The summed E-state index contributed by atoms with van der Waals surface area (Å²) in [4.78, 5) is 17.4. The number of nitrogens with zero attached hydrogens (tertiary/aromatic N) is 3. The van der Waals surface area contributed by atoms with Crippen molar-refractivity contribution in [2.24, 2.45) is 0 Å². The number of hydrogen-bond acceptors (Lipinski definition) is 3. The first-order valence-electron chi connectivity index (χ1n) is 7.67. The molecule has 2 aromatic heterocycles. The van der Waals surface area contributed by atoms with Crippen LogP contribution in [-0.2, 0) is 0 Å². The number of fused-ring (bicyclic) bond motifs is 1. The van der Waals surface area contributed by atoms with E-state index >= 15 is 0 Å². The maximum Gasteiger partial charge on any atom is 0.298 e. The van der Waals surface area contributed by atoms with Crippen LogP contribution in [0.2, 0.25) is 5.02 Å². The van der Waals surface area contributed by atoms with E-state index in [9.17, 15) is 4.79 Å². The number of ether oxygens (including phenoxy) is 1. The summed E-state index contributed by atoms with van der Waals surface area (Å²) in [6.07, 6.45) is 5.32. The molecule has 4 aromatic rings. The molecule has 4 rings (SSSR count). The van der Waals surface area contributed by atoms with Crippen molar-refractivity contribution in [3.63, 3.8) is 0 Å². The van der Waals surface area contributed by atoms with Crippen LogP contribution in [0.15, 0.2) is 71.9 Å². The van der Waals surface area contributed by atoms with Gasteiger partial charge in [0.1, 0.15) is 5.75 Å². The highest BCUT2D eigenvalue weighted by Crippen LogP contribution is 2.23. The summed E-state index contributed by atoms with van der Waals surface area (Å²) in [5.74, 6) is 0.621. The summed E-state index contributed by atoms with van der Waals surface area (Å²) in [5.41, 5.74) is 2.34. The maximum atomic E-state index is 12.9. The molecule has 2 aromatic carbocycles. The highest BCUT2D eigenvalue weighted by atomic mass is 35.5. The number of imidazole rings is 1. The van der Waals surface area contributed by atoms with E-state index in [1.165, 1.54) is 4.57 Å². The van der Waals surface area contributed by atoms with E-state index in [4.69, 9.17) is 16.3 Å². The van der Waals surface area contributed by atoms with Crippen LogP contribution in [0.5, 0.6) is 5.75 Å². The van der Waals surface area contributed by atoms with Gasteiger partial charge >= 0.3 is 0 Å². The van der Waals surface area contributed by atoms with Gasteiger partial charge in [0.25, 0.3) is 5.56 Å². The number of aromatic nitrogens is 3. The van der Waals surface area contributed by atoms with E-state index < -0.39 is 0 Å². The van der Waals surface area contributed by atoms with Gasteiger partial charge in [-0.25, -0.2) is 4.98 Å². The fraction of sp³-hybridized carbons (Fsp3) is 0.0526. The normalized spacial score (nSPS) is 11.0. The Balaban J connectivity index is 1.90. The second-order valence-electron chi connectivity index (χ2n) is 5.51. The molecule has 0 aliphatic carbocycles. The first-order chi connectivity index (χ1) is 12.2. The van der Waals surface area contributed by atoms with Crippen LogP contribution in [-0.4, -0.2) is 21.1 Å². The highest BCUT2D eigenvalue weighted by Gasteiger charge is 2.12. The van der Waals surface area contributed by atoms with Gasteiger partial charge in [0.05, 0.1) is 18.5 Å². The van der Waals surface area contributed by atoms with Gasteiger partial charge in [-0.05, 0) is 24.3 Å². The van der Waals surface area contributed by atoms with E-state index in [0.29, 0.717) is 27.8 Å². The first kappa shape index (κ1) is 15.5. The van der Waals surface area contributed by atoms with Gasteiger partial charge in [0, 0.05) is 29.2 Å². The Morgan fingerprint density at radius 3 is 2.72 bits per heavy atom. The molecular formula is C19H14ClN3O2. The molecule has 0 N–H and O–H groups in total. The molecule has 2 heterocycles. The lowest BCUT2D eigenvalue weighted by Gasteiger charge is -2.10. The van der Waals surface area contributed by atoms with E-state index in [1.54, 1.807) is 30.0 Å². The van der Waals surface area contributed by atoms with Crippen LogP contribution in [0.1, 0.15) is 0 Å². The molecule has 0 aliphatic heterocycles. The number of para-hydroxylation sites is 2. The summed E-state index contributed by atoms with van der Waals surface area (Å²) >= 11 is 6.05. The largest absolute Gasteiger partial charge is 0.495 e. The third-order valence-electron chi connectivity index (χ3n) is 3.98. The summed E-state index contributed by atoms with van der Waals surface area (Å²) in [6, 6.07) is 14.8. The predicted octanol–water partition coefficient (Wildman–Crippen LogP) is 3.81. The van der Waals surface area contributed by atoms with Gasteiger partial charge in [0.2, 0.25) is 5.65 Å². The maximum absolute atomic E-state index is 12.9. The first-order valence-corrected chi connectivity index (χ1v) is 8.05. The molecule has 0 bridgehead atoms. The molecule has 25 heavy (non-hydrogen) atoms. The van der Waals surface area contributed by atoms with Gasteiger partial charge in [0.15, 0.2) is 0 Å². The molecule has 0 amide bonds. The van der Waals surface area contributed by atoms with Crippen molar-refractivity contribution in [3.05, 3.63) is 82.5 Å². The summed E-state index contributed by atoms with van der Waals surface area (Å²) < 4.78 is 8.60. The van der Waals surface area contributed by atoms with Gasteiger partial charge in [-0.2, -0.15) is 0 Å². The zero-order valence-corrected chi connectivity index (χ0v) is 14.1. The van der Waals surface area contributed by atoms with E-state index in [0.717, 1.165) is 5.56 Å². The third-order valence-corrected chi connectivity index (χ3v) is 4.22. The van der Waals surface area contributed by atoms with Crippen molar-refractivity contribution in [3.8, 4) is 22.7 Å². The summed E-state index contributed by atoms with van der Waals surface area (Å²) in [6.45, 7) is 0. The molecule has 0 saturated heterocycles. The average Bonchev–Trinajstić information content (AvgIpc) is 3.07. The number of rotatable bonds is 3. The van der Waals surface area contributed by atoms with Crippen LogP contribution in [0, 0.1) is 0 Å². The summed E-state index contributed by atoms with van der Waals surface area (Å²) in [5, 5.41) is 0.626. The van der Waals surface area contributed by atoms with Gasteiger partial charge < -0.3 is 9.14 Å². The molecule has 0 spiro atoms. The lowest BCUT2D eigenvalue weighted by Crippen LogP contribution is -2.20. The second-order valence-corrected chi connectivity index (χ2v) is 5.95. The quantitative estimate of drug-likeness (QED) is 0.564. The van der Waals surface area contributed by atoms with Gasteiger partial charge in [-0.15, -0.1) is 0 Å². The van der Waals surface area contributed by atoms with Gasteiger partial charge in [-0.3, -0.25) is 9.36 Å². The molecule has 124 valence electrons. The SMILES string of the molecule is COc1ccccc1-n1ccn2cc(-c3cccc(Cl)c3)nc2c1=O. The minimum Gasteiger partial charge on any atom is -0.495 e. The number of hydrogen-bond donors (Lipinski definition) is 0. The average molecular weight is 352 g/mol. The Morgan fingerprint density at radius 2 is 1.92 bits per heavy atom. The van der Waals surface area contributed by atoms with E-state index in [1.807, 2.05) is 48.7 Å². The minimum absolute atomic E-state index is 0.222. The molecule has 0 radical (unpaired) electrons. The zero-order chi connectivity index (χ0) is 17.4. The van der Waals surface area contributed by atoms with E-state index in [-0.39, 0.29) is 5.56 Å². The van der Waals surface area contributed by atoms with Crippen molar-refractivity contribution in [2.75, 3.05) is 7.11 Å². The number of benzene rings is 2. The molecular weight excluding hydrogens is 338 g/mol. The fourth-order valence-electron chi connectivity index (χ4n) is 2.78. The smallest absolute Gasteiger partial charge is 0.298 e. The molecule has 0 atom stereocenters. The Morgan fingerprint density at radius 1 is 1.08 bits per heavy atom. The lowest BCUT2D eigenvalue weighted by atomic mass is 10.2. The molecule has 0 saturated carbocycles. The topological polar surface area (TPSA) is 48.5 Å². The fourth-order valence-corrected chi connectivity index (χ4v) is 2.98. The van der Waals surface area contributed by atoms with Crippen molar-refractivity contribution < 1.29 is 4.74 Å². The van der Waals surface area contributed by atoms with Crippen molar-refractivity contribution in [1.82, 2.24) is 14.0 Å². The van der Waals surface area contributed by atoms with Gasteiger partial charge in [-0.1, -0.05) is 35.9 Å². The molecule has 0 fully saturated rings. The lowest BCUT2D eigenvalue weighted by molar-refractivity contribution is 0.412. The second kappa shape index (κ2) is 6.11. The van der Waals surface area contributed by atoms with E-state index in [2.05, 4.69) is 4.98 Å². The van der Waals surface area contributed by atoms with Crippen molar-refractivity contribution in [1.29, 1.82) is 0 Å². The Labute approximate surface area is 148 Å². The summed E-state index contributed by atoms with van der Waals surface area (Å²) in [7, 11) is 1.58. The number of halogens is 1.